The van der Waals surface area contributed by atoms with Crippen LogP contribution in [0.25, 0.3) is 5.82 Å². The van der Waals surface area contributed by atoms with E-state index in [-0.39, 0.29) is 12.5 Å². The van der Waals surface area contributed by atoms with Crippen LogP contribution in [0.2, 0.25) is 0 Å². The number of nitrogens with zero attached hydrogens (tertiary/aromatic N) is 4. The van der Waals surface area contributed by atoms with Crippen LogP contribution in [0.15, 0.2) is 30.6 Å². The zero-order valence-electron chi connectivity index (χ0n) is 15.2. The number of amides is 1. The molecule has 1 fully saturated rings. The molecule has 0 atom stereocenters. The van der Waals surface area contributed by atoms with Crippen LogP contribution in [0.3, 0.4) is 0 Å². The molecule has 2 aromatic heterocycles. The van der Waals surface area contributed by atoms with Crippen molar-refractivity contribution in [3.63, 3.8) is 0 Å². The zero-order valence-corrected chi connectivity index (χ0v) is 15.2. The maximum absolute atomic E-state index is 11.9. The number of hydrogen-bond acceptors (Lipinski definition) is 4. The molecule has 1 aliphatic heterocycles. The number of carbonyl (C=O) groups is 1. The van der Waals surface area contributed by atoms with Crippen molar-refractivity contribution in [2.45, 2.75) is 38.5 Å². The van der Waals surface area contributed by atoms with Gasteiger partial charge in [0.1, 0.15) is 18.2 Å². The predicted octanol–water partition coefficient (Wildman–Crippen LogP) is 2.74. The Morgan fingerprint density at radius 1 is 1.32 bits per heavy atom. The third kappa shape index (κ3) is 3.90. The number of pyridine rings is 1. The largest absolute Gasteiger partial charge is 0.375 e. The number of hydrogen-bond donors (Lipinski definition) is 0. The first-order valence-corrected chi connectivity index (χ1v) is 8.87. The van der Waals surface area contributed by atoms with E-state index in [1.165, 1.54) is 0 Å². The van der Waals surface area contributed by atoms with Crippen molar-refractivity contribution in [1.82, 2.24) is 19.4 Å². The lowest BCUT2D eigenvalue weighted by Gasteiger charge is -2.31. The fraction of sp³-hybridized carbons (Fsp3) is 0.526. The third-order valence-corrected chi connectivity index (χ3v) is 4.72. The summed E-state index contributed by atoms with van der Waals surface area (Å²) in [5, 5.41) is 0. The maximum Gasteiger partial charge on any atom is 0.248 e. The van der Waals surface area contributed by atoms with E-state index in [0.29, 0.717) is 11.8 Å². The minimum atomic E-state index is 0.0719. The van der Waals surface area contributed by atoms with Crippen LogP contribution in [0.5, 0.6) is 0 Å². The van der Waals surface area contributed by atoms with Crippen molar-refractivity contribution in [1.29, 1.82) is 0 Å². The molecule has 6 nitrogen and oxygen atoms in total. The molecule has 6 heteroatoms. The second kappa shape index (κ2) is 7.78. The Morgan fingerprint density at radius 3 is 2.76 bits per heavy atom. The predicted molar refractivity (Wildman–Crippen MR) is 95.9 cm³/mol. The molecular weight excluding hydrogens is 316 g/mol. The molecule has 134 valence electrons. The van der Waals surface area contributed by atoms with Crippen LogP contribution in [-0.2, 0) is 9.53 Å². The van der Waals surface area contributed by atoms with Crippen LogP contribution < -0.4 is 0 Å². The Morgan fingerprint density at radius 2 is 2.08 bits per heavy atom. The first kappa shape index (κ1) is 17.6. The van der Waals surface area contributed by atoms with Gasteiger partial charge in [-0.25, -0.2) is 9.97 Å². The van der Waals surface area contributed by atoms with Gasteiger partial charge in [-0.15, -0.1) is 0 Å². The molecule has 0 aromatic carbocycles. The SMILES string of the molecule is COCC(=O)N1CCC(c2cccc(-n3ccnc3C(C)C)n2)CC1. The molecular formula is C19H26N4O2. The van der Waals surface area contributed by atoms with Crippen molar-refractivity contribution in [3.8, 4) is 5.82 Å². The van der Waals surface area contributed by atoms with Crippen LogP contribution >= 0.6 is 0 Å². The van der Waals surface area contributed by atoms with E-state index in [9.17, 15) is 4.79 Å². The molecule has 0 N–H and O–H groups in total. The van der Waals surface area contributed by atoms with E-state index in [2.05, 4.69) is 35.5 Å². The summed E-state index contributed by atoms with van der Waals surface area (Å²) >= 11 is 0. The summed E-state index contributed by atoms with van der Waals surface area (Å²) in [6, 6.07) is 6.17. The highest BCUT2D eigenvalue weighted by Gasteiger charge is 2.24. The molecule has 0 saturated carbocycles. The summed E-state index contributed by atoms with van der Waals surface area (Å²) in [6.45, 7) is 5.96. The standard InChI is InChI=1S/C19H26N4O2/c1-14(2)19-20-9-12-23(19)17-6-4-5-16(21-17)15-7-10-22(11-8-15)18(24)13-25-3/h4-6,9,12,14-15H,7-8,10-11,13H2,1-3H3. The fourth-order valence-electron chi connectivity index (χ4n) is 3.38. The summed E-state index contributed by atoms with van der Waals surface area (Å²) in [5.41, 5.74) is 1.10. The van der Waals surface area contributed by atoms with Crippen molar-refractivity contribution in [2.75, 3.05) is 26.8 Å². The van der Waals surface area contributed by atoms with E-state index in [0.717, 1.165) is 43.3 Å². The summed E-state index contributed by atoms with van der Waals surface area (Å²) in [7, 11) is 1.56. The van der Waals surface area contributed by atoms with Crippen LogP contribution in [0, 0.1) is 0 Å². The molecule has 1 amide bonds. The highest BCUT2D eigenvalue weighted by Crippen LogP contribution is 2.27. The molecule has 25 heavy (non-hydrogen) atoms. The Kier molecular flexibility index (Phi) is 5.48. The Labute approximate surface area is 148 Å². The monoisotopic (exact) mass is 342 g/mol. The number of methoxy groups -OCH3 is 1. The second-order valence-electron chi connectivity index (χ2n) is 6.82. The van der Waals surface area contributed by atoms with Gasteiger partial charge < -0.3 is 9.64 Å². The minimum absolute atomic E-state index is 0.0719. The van der Waals surface area contributed by atoms with Gasteiger partial charge in [0.15, 0.2) is 0 Å². The third-order valence-electron chi connectivity index (χ3n) is 4.72. The smallest absolute Gasteiger partial charge is 0.248 e. The topological polar surface area (TPSA) is 60.2 Å². The molecule has 0 unspecified atom stereocenters. The van der Waals surface area contributed by atoms with E-state index in [4.69, 9.17) is 9.72 Å². The molecule has 3 rings (SSSR count). The van der Waals surface area contributed by atoms with E-state index in [1.807, 2.05) is 23.4 Å². The van der Waals surface area contributed by atoms with Crippen molar-refractivity contribution >= 4 is 5.91 Å². The molecule has 0 aliphatic carbocycles. The summed E-state index contributed by atoms with van der Waals surface area (Å²) in [4.78, 5) is 23.1. The summed E-state index contributed by atoms with van der Waals surface area (Å²) in [6.07, 6.45) is 5.66. The van der Waals surface area contributed by atoms with Gasteiger partial charge in [-0.1, -0.05) is 19.9 Å². The molecule has 0 radical (unpaired) electrons. The van der Waals surface area contributed by atoms with Gasteiger partial charge in [0.2, 0.25) is 5.91 Å². The number of ether oxygens (including phenoxy) is 1. The molecule has 3 heterocycles. The maximum atomic E-state index is 11.9. The van der Waals surface area contributed by atoms with E-state index < -0.39 is 0 Å². The van der Waals surface area contributed by atoms with E-state index in [1.54, 1.807) is 7.11 Å². The number of aromatic nitrogens is 3. The average molecular weight is 342 g/mol. The molecule has 2 aromatic rings. The Hall–Kier alpha value is -2.21. The minimum Gasteiger partial charge on any atom is -0.375 e. The Bertz CT molecular complexity index is 718. The van der Waals surface area contributed by atoms with Crippen LogP contribution in [-0.4, -0.2) is 52.1 Å². The van der Waals surface area contributed by atoms with Crippen molar-refractivity contribution in [3.05, 3.63) is 42.1 Å². The van der Waals surface area contributed by atoms with Crippen molar-refractivity contribution < 1.29 is 9.53 Å². The summed E-state index contributed by atoms with van der Waals surface area (Å²) < 4.78 is 7.00. The quantitative estimate of drug-likeness (QED) is 0.838. The Balaban J connectivity index is 1.73. The van der Waals surface area contributed by atoms with Crippen molar-refractivity contribution in [2.24, 2.45) is 0 Å². The van der Waals surface area contributed by atoms with Gasteiger partial charge in [-0.2, -0.15) is 0 Å². The van der Waals surface area contributed by atoms with Gasteiger partial charge in [0.05, 0.1) is 0 Å². The van der Waals surface area contributed by atoms with Gasteiger partial charge >= 0.3 is 0 Å². The highest BCUT2D eigenvalue weighted by molar-refractivity contribution is 5.77. The van der Waals surface area contributed by atoms with Gasteiger partial charge in [0.25, 0.3) is 0 Å². The lowest BCUT2D eigenvalue weighted by Crippen LogP contribution is -2.39. The average Bonchev–Trinajstić information content (AvgIpc) is 3.12. The second-order valence-corrected chi connectivity index (χ2v) is 6.82. The highest BCUT2D eigenvalue weighted by atomic mass is 16.5. The number of likely N-dealkylation sites (tertiary alicyclic amines) is 1. The first-order chi connectivity index (χ1) is 12.1. The number of piperidine rings is 1. The van der Waals surface area contributed by atoms with Gasteiger partial charge in [-0.3, -0.25) is 9.36 Å². The van der Waals surface area contributed by atoms with Gasteiger partial charge in [-0.05, 0) is 25.0 Å². The normalized spacial score (nSPS) is 15.8. The number of carbonyl (C=O) groups excluding carboxylic acids is 1. The van der Waals surface area contributed by atoms with E-state index >= 15 is 0 Å². The lowest BCUT2D eigenvalue weighted by atomic mass is 9.93. The van der Waals surface area contributed by atoms with Crippen LogP contribution in [0.1, 0.15) is 50.0 Å². The van der Waals surface area contributed by atoms with Crippen LogP contribution in [0.4, 0.5) is 0 Å². The molecule has 0 spiro atoms. The number of imidazole rings is 1. The first-order valence-electron chi connectivity index (χ1n) is 8.87. The number of rotatable bonds is 5. The molecule has 1 saturated heterocycles. The van der Waals surface area contributed by atoms with Gasteiger partial charge in [0, 0.05) is 50.1 Å². The summed E-state index contributed by atoms with van der Waals surface area (Å²) in [5.74, 6) is 2.73. The zero-order chi connectivity index (χ0) is 17.8. The molecule has 0 bridgehead atoms. The fourth-order valence-corrected chi connectivity index (χ4v) is 3.38. The lowest BCUT2D eigenvalue weighted by molar-refractivity contribution is -0.136. The molecule has 1 aliphatic rings.